The molecule has 0 spiro atoms. The van der Waals surface area contributed by atoms with Crippen LogP contribution in [0.1, 0.15) is 15.9 Å². The molecule has 0 aliphatic carbocycles. The molecular formula is C20H15N3O2S. The van der Waals surface area contributed by atoms with Crippen molar-refractivity contribution in [2.24, 2.45) is 0 Å². The van der Waals surface area contributed by atoms with Gasteiger partial charge >= 0.3 is 0 Å². The van der Waals surface area contributed by atoms with Gasteiger partial charge in [0.2, 0.25) is 0 Å². The number of nitrogens with zero attached hydrogens (tertiary/aromatic N) is 2. The molecule has 6 heteroatoms. The number of pyridine rings is 1. The van der Waals surface area contributed by atoms with Crippen molar-refractivity contribution in [3.63, 3.8) is 0 Å². The number of benzene rings is 2. The zero-order chi connectivity index (χ0) is 18.1. The lowest BCUT2D eigenvalue weighted by Gasteiger charge is -2.08. The standard InChI is InChI=1S/C20H15N3O2S/c1-12-7-8-15(16(24)10-12)19(25)22-14-5-2-4-13(11-14)20-23-18-17(26-20)6-3-9-21-18/h2-11,24H,1H3,(H,22,25). The summed E-state index contributed by atoms with van der Waals surface area (Å²) in [4.78, 5) is 21.2. The van der Waals surface area contributed by atoms with E-state index in [1.165, 1.54) is 0 Å². The van der Waals surface area contributed by atoms with Gasteiger partial charge in [0.1, 0.15) is 10.8 Å². The molecule has 2 aromatic heterocycles. The van der Waals surface area contributed by atoms with Crippen LogP contribution in [0.2, 0.25) is 0 Å². The largest absolute Gasteiger partial charge is 0.507 e. The van der Waals surface area contributed by atoms with Gasteiger partial charge in [0.05, 0.1) is 10.3 Å². The number of aryl methyl sites for hydroxylation is 1. The quantitative estimate of drug-likeness (QED) is 0.558. The number of aromatic nitrogens is 2. The lowest BCUT2D eigenvalue weighted by atomic mass is 10.1. The first-order valence-corrected chi connectivity index (χ1v) is 8.85. The van der Waals surface area contributed by atoms with Crippen molar-refractivity contribution in [1.29, 1.82) is 0 Å². The van der Waals surface area contributed by atoms with Gasteiger partial charge in [0.15, 0.2) is 5.65 Å². The first-order valence-electron chi connectivity index (χ1n) is 8.03. The molecule has 0 saturated carbocycles. The predicted octanol–water partition coefficient (Wildman–Crippen LogP) is 4.62. The van der Waals surface area contributed by atoms with Gasteiger partial charge in [0, 0.05) is 17.4 Å². The Morgan fingerprint density at radius 3 is 2.81 bits per heavy atom. The molecule has 0 fully saturated rings. The SMILES string of the molecule is Cc1ccc(C(=O)Nc2cccc(-c3nc4ncccc4s3)c2)c(O)c1. The smallest absolute Gasteiger partial charge is 0.259 e. The third kappa shape index (κ3) is 3.14. The van der Waals surface area contributed by atoms with E-state index in [-0.39, 0.29) is 17.2 Å². The third-order valence-electron chi connectivity index (χ3n) is 3.93. The van der Waals surface area contributed by atoms with E-state index in [4.69, 9.17) is 0 Å². The number of amides is 1. The highest BCUT2D eigenvalue weighted by molar-refractivity contribution is 7.21. The van der Waals surface area contributed by atoms with E-state index in [0.717, 1.165) is 20.8 Å². The average molecular weight is 361 g/mol. The Hall–Kier alpha value is -3.25. The van der Waals surface area contributed by atoms with Crippen molar-refractivity contribution in [1.82, 2.24) is 9.97 Å². The first kappa shape index (κ1) is 16.2. The molecule has 0 aliphatic heterocycles. The van der Waals surface area contributed by atoms with Crippen LogP contribution < -0.4 is 5.32 Å². The van der Waals surface area contributed by atoms with E-state index in [1.54, 1.807) is 41.8 Å². The van der Waals surface area contributed by atoms with Crippen LogP contribution in [0.25, 0.3) is 20.9 Å². The predicted molar refractivity (Wildman–Crippen MR) is 104 cm³/mol. The molecule has 26 heavy (non-hydrogen) atoms. The minimum atomic E-state index is -0.356. The second-order valence-corrected chi connectivity index (χ2v) is 6.93. The van der Waals surface area contributed by atoms with Crippen LogP contribution >= 0.6 is 11.3 Å². The monoisotopic (exact) mass is 361 g/mol. The zero-order valence-electron chi connectivity index (χ0n) is 13.9. The number of rotatable bonds is 3. The van der Waals surface area contributed by atoms with E-state index in [2.05, 4.69) is 15.3 Å². The van der Waals surface area contributed by atoms with Crippen molar-refractivity contribution in [2.45, 2.75) is 6.92 Å². The van der Waals surface area contributed by atoms with Crippen LogP contribution in [0.4, 0.5) is 5.69 Å². The van der Waals surface area contributed by atoms with Gasteiger partial charge in [-0.15, -0.1) is 11.3 Å². The Morgan fingerprint density at radius 1 is 1.12 bits per heavy atom. The van der Waals surface area contributed by atoms with Crippen molar-refractivity contribution in [2.75, 3.05) is 5.32 Å². The average Bonchev–Trinajstić information content (AvgIpc) is 3.06. The summed E-state index contributed by atoms with van der Waals surface area (Å²) in [6.45, 7) is 1.86. The Bertz CT molecular complexity index is 1090. The van der Waals surface area contributed by atoms with Gasteiger partial charge in [-0.3, -0.25) is 4.79 Å². The van der Waals surface area contributed by atoms with Gasteiger partial charge in [-0.1, -0.05) is 18.2 Å². The molecule has 1 amide bonds. The molecule has 0 aliphatic rings. The molecule has 2 heterocycles. The van der Waals surface area contributed by atoms with Gasteiger partial charge < -0.3 is 10.4 Å². The molecule has 2 aromatic carbocycles. The fourth-order valence-electron chi connectivity index (χ4n) is 2.65. The van der Waals surface area contributed by atoms with Gasteiger partial charge in [-0.2, -0.15) is 0 Å². The molecule has 2 N–H and O–H groups in total. The molecule has 0 unspecified atom stereocenters. The summed E-state index contributed by atoms with van der Waals surface area (Å²) in [6, 6.07) is 16.3. The number of hydrogen-bond acceptors (Lipinski definition) is 5. The molecule has 128 valence electrons. The number of hydrogen-bond donors (Lipinski definition) is 2. The maximum atomic E-state index is 12.4. The fourth-order valence-corrected chi connectivity index (χ4v) is 3.58. The van der Waals surface area contributed by atoms with Gasteiger partial charge in [0.25, 0.3) is 5.91 Å². The fraction of sp³-hybridized carbons (Fsp3) is 0.0500. The highest BCUT2D eigenvalue weighted by atomic mass is 32.1. The van der Waals surface area contributed by atoms with Crippen LogP contribution in [0.5, 0.6) is 5.75 Å². The number of carbonyl (C=O) groups is 1. The zero-order valence-corrected chi connectivity index (χ0v) is 14.7. The summed E-state index contributed by atoms with van der Waals surface area (Å²) in [5.41, 5.74) is 3.39. The summed E-state index contributed by atoms with van der Waals surface area (Å²) in [5, 5.41) is 13.6. The molecule has 0 bridgehead atoms. The van der Waals surface area contributed by atoms with Gasteiger partial charge in [-0.25, -0.2) is 9.97 Å². The number of aromatic hydroxyl groups is 1. The second kappa shape index (κ2) is 6.57. The normalized spacial score (nSPS) is 10.8. The van der Waals surface area contributed by atoms with Crippen LogP contribution in [-0.4, -0.2) is 21.0 Å². The summed E-state index contributed by atoms with van der Waals surface area (Å²) in [6.07, 6.45) is 1.72. The maximum Gasteiger partial charge on any atom is 0.259 e. The van der Waals surface area contributed by atoms with E-state index >= 15 is 0 Å². The van der Waals surface area contributed by atoms with Crippen LogP contribution in [-0.2, 0) is 0 Å². The van der Waals surface area contributed by atoms with E-state index < -0.39 is 0 Å². The Kier molecular flexibility index (Phi) is 4.10. The maximum absolute atomic E-state index is 12.4. The highest BCUT2D eigenvalue weighted by Gasteiger charge is 2.12. The molecule has 0 radical (unpaired) electrons. The first-order chi connectivity index (χ1) is 12.6. The van der Waals surface area contributed by atoms with Crippen molar-refractivity contribution in [3.05, 3.63) is 71.9 Å². The Balaban J connectivity index is 1.62. The lowest BCUT2D eigenvalue weighted by Crippen LogP contribution is -2.12. The molecule has 5 nitrogen and oxygen atoms in total. The van der Waals surface area contributed by atoms with Crippen molar-refractivity contribution >= 4 is 33.3 Å². The van der Waals surface area contributed by atoms with E-state index in [0.29, 0.717) is 11.3 Å². The number of carbonyl (C=O) groups excluding carboxylic acids is 1. The Labute approximate surface area is 154 Å². The summed E-state index contributed by atoms with van der Waals surface area (Å²) in [5.74, 6) is -0.387. The molecule has 0 saturated heterocycles. The van der Waals surface area contributed by atoms with Gasteiger partial charge in [-0.05, 0) is 48.9 Å². The topological polar surface area (TPSA) is 75.1 Å². The number of thiazole rings is 1. The summed E-state index contributed by atoms with van der Waals surface area (Å²) in [7, 11) is 0. The van der Waals surface area contributed by atoms with Crippen molar-refractivity contribution in [3.8, 4) is 16.3 Å². The minimum Gasteiger partial charge on any atom is -0.507 e. The number of phenolic OH excluding ortho intramolecular Hbond substituents is 1. The molecule has 4 rings (SSSR count). The van der Waals surface area contributed by atoms with E-state index in [1.807, 2.05) is 37.3 Å². The number of fused-ring (bicyclic) bond motifs is 1. The molecule has 4 aromatic rings. The van der Waals surface area contributed by atoms with Crippen molar-refractivity contribution < 1.29 is 9.90 Å². The van der Waals surface area contributed by atoms with Crippen LogP contribution in [0.3, 0.4) is 0 Å². The Morgan fingerprint density at radius 2 is 2.00 bits per heavy atom. The van der Waals surface area contributed by atoms with Crippen LogP contribution in [0.15, 0.2) is 60.8 Å². The highest BCUT2D eigenvalue weighted by Crippen LogP contribution is 2.30. The van der Waals surface area contributed by atoms with Crippen LogP contribution in [0, 0.1) is 6.92 Å². The number of nitrogens with one attached hydrogen (secondary N) is 1. The molecule has 0 atom stereocenters. The van der Waals surface area contributed by atoms with E-state index in [9.17, 15) is 9.90 Å². The third-order valence-corrected chi connectivity index (χ3v) is 4.99. The molecular weight excluding hydrogens is 346 g/mol. The summed E-state index contributed by atoms with van der Waals surface area (Å²) >= 11 is 1.55. The number of phenols is 1. The summed E-state index contributed by atoms with van der Waals surface area (Å²) < 4.78 is 1.02. The lowest BCUT2D eigenvalue weighted by molar-refractivity contribution is 0.102. The minimum absolute atomic E-state index is 0.0316. The number of anilines is 1. The second-order valence-electron chi connectivity index (χ2n) is 5.90.